The van der Waals surface area contributed by atoms with Crippen LogP contribution >= 0.6 is 0 Å². The number of allylic oxidation sites excluding steroid dienone is 2. The Bertz CT molecular complexity index is 358. The predicted octanol–water partition coefficient (Wildman–Crippen LogP) is 1.08. The number of methoxy groups -OCH3 is 1. The number of hydrogen-bond acceptors (Lipinski definition) is 5. The maximum Gasteiger partial charge on any atom is 0.150 e. The normalized spacial score (nSPS) is 24.4. The topological polar surface area (TPSA) is 63.3 Å². The molecule has 0 saturated carbocycles. The number of ether oxygens (including phenoxy) is 1. The van der Waals surface area contributed by atoms with Gasteiger partial charge in [0, 0.05) is 33.5 Å². The minimum Gasteiger partial charge on any atom is -0.360 e. The van der Waals surface area contributed by atoms with Crippen LogP contribution in [0.3, 0.4) is 0 Å². The highest BCUT2D eigenvalue weighted by Gasteiger charge is 2.37. The zero-order valence-corrected chi connectivity index (χ0v) is 10.1. The molecule has 1 aliphatic heterocycles. The predicted molar refractivity (Wildman–Crippen MR) is 58.4 cm³/mol. The van der Waals surface area contributed by atoms with Crippen LogP contribution in [0.2, 0.25) is 0 Å². The molecule has 0 amide bonds. The first-order chi connectivity index (χ1) is 7.56. The number of rotatable bonds is 2. The van der Waals surface area contributed by atoms with E-state index in [0.717, 1.165) is 12.1 Å². The van der Waals surface area contributed by atoms with Crippen LogP contribution in [0.25, 0.3) is 0 Å². The first-order valence-corrected chi connectivity index (χ1v) is 5.10. The molecule has 2 atom stereocenters. The molecule has 0 aromatic heterocycles. The van der Waals surface area contributed by atoms with Crippen molar-refractivity contribution >= 4 is 0 Å². The van der Waals surface area contributed by atoms with Gasteiger partial charge in [-0.25, -0.2) is 5.01 Å². The van der Waals surface area contributed by atoms with E-state index in [1.807, 2.05) is 43.2 Å². The highest BCUT2D eigenvalue weighted by Crippen LogP contribution is 2.35. The van der Waals surface area contributed by atoms with Crippen molar-refractivity contribution in [3.8, 4) is 12.1 Å². The van der Waals surface area contributed by atoms with Gasteiger partial charge >= 0.3 is 0 Å². The summed E-state index contributed by atoms with van der Waals surface area (Å²) in [5, 5.41) is 21.6. The van der Waals surface area contributed by atoms with E-state index < -0.39 is 0 Å². The molecule has 16 heavy (non-hydrogen) atoms. The van der Waals surface area contributed by atoms with E-state index in [1.165, 1.54) is 0 Å². The van der Waals surface area contributed by atoms with Crippen molar-refractivity contribution in [2.75, 3.05) is 21.2 Å². The summed E-state index contributed by atoms with van der Waals surface area (Å²) in [5.74, 6) is 0.154. The van der Waals surface area contributed by atoms with Gasteiger partial charge in [0.05, 0.1) is 5.70 Å². The quantitative estimate of drug-likeness (QED) is 0.651. The molecule has 0 spiro atoms. The second kappa shape index (κ2) is 4.98. The summed E-state index contributed by atoms with van der Waals surface area (Å²) in [5.41, 5.74) is 0.919. The lowest BCUT2D eigenvalue weighted by Crippen LogP contribution is -2.41. The molecule has 0 bridgehead atoms. The maximum atomic E-state index is 8.95. The summed E-state index contributed by atoms with van der Waals surface area (Å²) < 4.78 is 5.36. The Labute approximate surface area is 96.1 Å². The molecule has 1 rings (SSSR count). The van der Waals surface area contributed by atoms with Gasteiger partial charge in [0.25, 0.3) is 0 Å². The van der Waals surface area contributed by atoms with Crippen molar-refractivity contribution in [1.29, 1.82) is 10.5 Å². The molecule has 1 fully saturated rings. The van der Waals surface area contributed by atoms with Crippen molar-refractivity contribution in [3.05, 3.63) is 11.3 Å². The molecule has 1 saturated heterocycles. The third-order valence-corrected chi connectivity index (χ3v) is 2.72. The van der Waals surface area contributed by atoms with E-state index >= 15 is 0 Å². The van der Waals surface area contributed by atoms with Gasteiger partial charge in [0.2, 0.25) is 0 Å². The zero-order chi connectivity index (χ0) is 12.3. The van der Waals surface area contributed by atoms with Crippen LogP contribution in [0.1, 0.15) is 13.3 Å². The molecular weight excluding hydrogens is 204 g/mol. The van der Waals surface area contributed by atoms with Crippen LogP contribution in [0, 0.1) is 28.6 Å². The van der Waals surface area contributed by atoms with Gasteiger partial charge in [-0.15, -0.1) is 0 Å². The second-order valence-corrected chi connectivity index (χ2v) is 4.00. The van der Waals surface area contributed by atoms with E-state index in [1.54, 1.807) is 7.11 Å². The van der Waals surface area contributed by atoms with Crippen LogP contribution in [0.15, 0.2) is 11.3 Å². The molecule has 1 aliphatic rings. The number of hydrogen-bond donors (Lipinski definition) is 0. The highest BCUT2D eigenvalue weighted by atomic mass is 16.5. The average Bonchev–Trinajstić information content (AvgIpc) is 2.58. The second-order valence-electron chi connectivity index (χ2n) is 4.00. The van der Waals surface area contributed by atoms with Gasteiger partial charge in [-0.3, -0.25) is 5.01 Å². The van der Waals surface area contributed by atoms with Crippen LogP contribution < -0.4 is 0 Å². The third-order valence-electron chi connectivity index (χ3n) is 2.72. The minimum atomic E-state index is -0.100. The molecule has 0 radical (unpaired) electrons. The molecule has 5 nitrogen and oxygen atoms in total. The van der Waals surface area contributed by atoms with E-state index in [4.69, 9.17) is 15.3 Å². The van der Waals surface area contributed by atoms with E-state index in [-0.39, 0.29) is 17.7 Å². The Hall–Kier alpha value is -1.56. The van der Waals surface area contributed by atoms with Gasteiger partial charge in [-0.2, -0.15) is 10.5 Å². The lowest BCUT2D eigenvalue weighted by Gasteiger charge is -2.32. The molecule has 86 valence electrons. The summed E-state index contributed by atoms with van der Waals surface area (Å²) in [6.07, 6.45) is 0.688. The highest BCUT2D eigenvalue weighted by molar-refractivity contribution is 5.41. The smallest absolute Gasteiger partial charge is 0.150 e. The Balaban J connectivity index is 3.22. The summed E-state index contributed by atoms with van der Waals surface area (Å²) >= 11 is 0. The lowest BCUT2D eigenvalue weighted by atomic mass is 10.0. The first-order valence-electron chi connectivity index (χ1n) is 5.10. The van der Waals surface area contributed by atoms with Crippen LogP contribution in [-0.2, 0) is 4.74 Å². The van der Waals surface area contributed by atoms with Crippen molar-refractivity contribution in [2.45, 2.75) is 19.6 Å². The summed E-state index contributed by atoms with van der Waals surface area (Å²) in [6, 6.07) is 3.90. The zero-order valence-electron chi connectivity index (χ0n) is 10.1. The lowest BCUT2D eigenvalue weighted by molar-refractivity contribution is -0.0882. The van der Waals surface area contributed by atoms with Crippen LogP contribution in [-0.4, -0.2) is 37.5 Å². The fourth-order valence-corrected chi connectivity index (χ4v) is 2.06. The van der Waals surface area contributed by atoms with Gasteiger partial charge in [-0.1, -0.05) is 6.92 Å². The largest absolute Gasteiger partial charge is 0.360 e. The Morgan fingerprint density at radius 3 is 2.38 bits per heavy atom. The van der Waals surface area contributed by atoms with Crippen LogP contribution in [0.4, 0.5) is 0 Å². The fraction of sp³-hybridized carbons (Fsp3) is 0.636. The van der Waals surface area contributed by atoms with Crippen molar-refractivity contribution in [2.24, 2.45) is 5.92 Å². The number of hydrazine groups is 1. The molecular formula is C11H16N4O. The van der Waals surface area contributed by atoms with Gasteiger partial charge in [0.15, 0.2) is 5.57 Å². The average molecular weight is 220 g/mol. The van der Waals surface area contributed by atoms with Crippen molar-refractivity contribution in [1.82, 2.24) is 10.0 Å². The first kappa shape index (κ1) is 12.5. The number of nitrogens with zero attached hydrogens (tertiary/aromatic N) is 4. The van der Waals surface area contributed by atoms with E-state index in [2.05, 4.69) is 0 Å². The van der Waals surface area contributed by atoms with Crippen LogP contribution in [0.5, 0.6) is 0 Å². The molecule has 1 heterocycles. The van der Waals surface area contributed by atoms with Crippen molar-refractivity contribution in [3.63, 3.8) is 0 Å². The molecule has 0 aliphatic carbocycles. The summed E-state index contributed by atoms with van der Waals surface area (Å²) in [4.78, 5) is 0. The van der Waals surface area contributed by atoms with E-state index in [0.29, 0.717) is 0 Å². The molecule has 0 N–H and O–H groups in total. The Morgan fingerprint density at radius 1 is 1.44 bits per heavy atom. The summed E-state index contributed by atoms with van der Waals surface area (Å²) in [7, 11) is 5.38. The molecule has 0 aromatic carbocycles. The van der Waals surface area contributed by atoms with E-state index in [9.17, 15) is 0 Å². The monoisotopic (exact) mass is 220 g/mol. The SMILES string of the molecule is CO[C@H]1C[C@H](C)C(=C(C#N)C#N)N1N(C)C. The molecule has 0 aromatic rings. The molecule has 0 unspecified atom stereocenters. The van der Waals surface area contributed by atoms with Crippen molar-refractivity contribution < 1.29 is 4.74 Å². The number of nitriles is 2. The summed E-state index contributed by atoms with van der Waals surface area (Å²) in [6.45, 7) is 2.00. The third kappa shape index (κ3) is 2.01. The fourth-order valence-electron chi connectivity index (χ4n) is 2.06. The Morgan fingerprint density at radius 2 is 2.00 bits per heavy atom. The van der Waals surface area contributed by atoms with Gasteiger partial charge in [-0.05, 0) is 0 Å². The standard InChI is InChI=1S/C11H16N4O/c1-8-5-10(16-4)15(14(2)3)11(8)9(6-12)7-13/h8,10H,5H2,1-4H3/t8-,10-/m0/s1. The van der Waals surface area contributed by atoms with Gasteiger partial charge < -0.3 is 4.74 Å². The maximum absolute atomic E-state index is 8.95. The minimum absolute atomic E-state index is 0.100. The van der Waals surface area contributed by atoms with Gasteiger partial charge in [0.1, 0.15) is 18.4 Å². The Kier molecular flexibility index (Phi) is 3.89. The molecule has 5 heteroatoms.